The van der Waals surface area contributed by atoms with Crippen molar-refractivity contribution in [2.24, 2.45) is 0 Å². The number of ether oxygens (including phenoxy) is 2. The highest BCUT2D eigenvalue weighted by molar-refractivity contribution is 7.92. The van der Waals surface area contributed by atoms with Gasteiger partial charge in [0.15, 0.2) is 0 Å². The van der Waals surface area contributed by atoms with E-state index in [4.69, 9.17) is 9.47 Å². The number of sulfonamides is 1. The summed E-state index contributed by atoms with van der Waals surface area (Å²) in [6.07, 6.45) is -0.0619. The van der Waals surface area contributed by atoms with Gasteiger partial charge in [-0.15, -0.1) is 0 Å². The second-order valence-corrected chi connectivity index (χ2v) is 7.76. The van der Waals surface area contributed by atoms with Crippen molar-refractivity contribution in [1.29, 1.82) is 0 Å². The van der Waals surface area contributed by atoms with E-state index >= 15 is 0 Å². The van der Waals surface area contributed by atoms with Gasteiger partial charge in [-0.1, -0.05) is 17.7 Å². The Bertz CT molecular complexity index is 845. The molecule has 0 bridgehead atoms. The van der Waals surface area contributed by atoms with Gasteiger partial charge in [-0.25, -0.2) is 8.42 Å². The maximum Gasteiger partial charge on any atom is 0.307 e. The number of methoxy groups -OCH3 is 2. The van der Waals surface area contributed by atoms with E-state index < -0.39 is 22.0 Å². The van der Waals surface area contributed by atoms with Gasteiger partial charge < -0.3 is 9.47 Å². The topological polar surface area (TPSA) is 72.9 Å². The molecule has 0 fully saturated rings. The maximum atomic E-state index is 13.3. The molecule has 0 aliphatic carbocycles. The molecule has 0 N–H and O–H groups in total. The smallest absolute Gasteiger partial charge is 0.307 e. The number of carbonyl (C=O) groups excluding carboxylic acids is 1. The third-order valence-corrected chi connectivity index (χ3v) is 5.95. The molecule has 6 nitrogen and oxygen atoms in total. The summed E-state index contributed by atoms with van der Waals surface area (Å²) in [6, 6.07) is 12.6. The Labute approximate surface area is 154 Å². The first-order valence-electron chi connectivity index (χ1n) is 8.11. The lowest BCUT2D eigenvalue weighted by Gasteiger charge is -2.30. The van der Waals surface area contributed by atoms with E-state index in [1.807, 2.05) is 6.92 Å². The number of esters is 1. The first kappa shape index (κ1) is 19.8. The molecule has 1 atom stereocenters. The lowest BCUT2D eigenvalue weighted by molar-refractivity contribution is -0.140. The number of carbonyl (C=O) groups is 1. The lowest BCUT2D eigenvalue weighted by Crippen LogP contribution is -2.40. The van der Waals surface area contributed by atoms with Crippen LogP contribution in [0.1, 0.15) is 18.9 Å². The third-order valence-electron chi connectivity index (χ3n) is 3.99. The van der Waals surface area contributed by atoms with Crippen LogP contribution in [-0.2, 0) is 19.6 Å². The molecule has 0 spiro atoms. The number of anilines is 1. The van der Waals surface area contributed by atoms with Crippen LogP contribution >= 0.6 is 0 Å². The summed E-state index contributed by atoms with van der Waals surface area (Å²) in [7, 11) is -1.04. The third kappa shape index (κ3) is 4.35. The van der Waals surface area contributed by atoms with E-state index in [2.05, 4.69) is 0 Å². The largest absolute Gasteiger partial charge is 0.497 e. The molecule has 0 aliphatic rings. The molecule has 26 heavy (non-hydrogen) atoms. The van der Waals surface area contributed by atoms with Gasteiger partial charge in [-0.3, -0.25) is 9.10 Å². The molecule has 2 aromatic rings. The monoisotopic (exact) mass is 377 g/mol. The summed E-state index contributed by atoms with van der Waals surface area (Å²) in [4.78, 5) is 11.9. The summed E-state index contributed by atoms with van der Waals surface area (Å²) in [6.45, 7) is 3.56. The van der Waals surface area contributed by atoms with Gasteiger partial charge in [0.25, 0.3) is 10.0 Å². The fraction of sp³-hybridized carbons (Fsp3) is 0.316. The number of rotatable bonds is 7. The number of aryl methyl sites for hydroxylation is 1. The molecule has 7 heteroatoms. The molecule has 0 unspecified atom stereocenters. The summed E-state index contributed by atoms with van der Waals surface area (Å²) in [5.41, 5.74) is 1.41. The Morgan fingerprint density at radius 1 is 1.04 bits per heavy atom. The molecular formula is C19H23NO5S. The minimum Gasteiger partial charge on any atom is -0.497 e. The molecule has 140 valence electrons. The predicted molar refractivity (Wildman–Crippen MR) is 99.9 cm³/mol. The summed E-state index contributed by atoms with van der Waals surface area (Å²) >= 11 is 0. The van der Waals surface area contributed by atoms with Crippen LogP contribution in [0.15, 0.2) is 53.4 Å². The zero-order valence-corrected chi connectivity index (χ0v) is 16.1. The van der Waals surface area contributed by atoms with Crippen LogP contribution in [-0.4, -0.2) is 34.6 Å². The number of hydrogen-bond donors (Lipinski definition) is 0. The van der Waals surface area contributed by atoms with E-state index in [1.54, 1.807) is 55.5 Å². The van der Waals surface area contributed by atoms with Crippen molar-refractivity contribution in [3.05, 3.63) is 54.1 Å². The van der Waals surface area contributed by atoms with E-state index in [-0.39, 0.29) is 11.3 Å². The average molecular weight is 377 g/mol. The molecule has 0 saturated carbocycles. The van der Waals surface area contributed by atoms with Gasteiger partial charge in [0.05, 0.1) is 37.3 Å². The van der Waals surface area contributed by atoms with Gasteiger partial charge in [-0.05, 0) is 50.2 Å². The Kier molecular flexibility index (Phi) is 6.26. The highest BCUT2D eigenvalue weighted by atomic mass is 32.2. The van der Waals surface area contributed by atoms with Crippen LogP contribution in [0.2, 0.25) is 0 Å². The van der Waals surface area contributed by atoms with Crippen molar-refractivity contribution < 1.29 is 22.7 Å². The molecular weight excluding hydrogens is 354 g/mol. The van der Waals surface area contributed by atoms with Crippen LogP contribution in [0, 0.1) is 6.92 Å². The lowest BCUT2D eigenvalue weighted by atomic mass is 10.2. The summed E-state index contributed by atoms with van der Waals surface area (Å²) in [5.74, 6) is 0.136. The van der Waals surface area contributed by atoms with Crippen molar-refractivity contribution in [2.75, 3.05) is 18.5 Å². The Morgan fingerprint density at radius 3 is 2.12 bits per heavy atom. The molecule has 0 saturated heterocycles. The fourth-order valence-corrected chi connectivity index (χ4v) is 4.25. The van der Waals surface area contributed by atoms with Crippen molar-refractivity contribution in [3.8, 4) is 5.75 Å². The van der Waals surface area contributed by atoms with Crippen LogP contribution < -0.4 is 9.04 Å². The van der Waals surface area contributed by atoms with Crippen LogP contribution in [0.3, 0.4) is 0 Å². The van der Waals surface area contributed by atoms with Crippen LogP contribution in [0.4, 0.5) is 5.69 Å². The Morgan fingerprint density at radius 2 is 1.62 bits per heavy atom. The number of hydrogen-bond acceptors (Lipinski definition) is 5. The SMILES string of the molecule is COC(=O)C[C@@H](C)N(c1ccc(OC)cc1)S(=O)(=O)c1ccc(C)cc1. The molecule has 0 amide bonds. The van der Waals surface area contributed by atoms with Crippen LogP contribution in [0.25, 0.3) is 0 Å². The van der Waals surface area contributed by atoms with Gasteiger partial charge in [0, 0.05) is 0 Å². The minimum atomic E-state index is -3.86. The van der Waals surface area contributed by atoms with Crippen molar-refractivity contribution in [2.45, 2.75) is 31.2 Å². The van der Waals surface area contributed by atoms with E-state index in [0.29, 0.717) is 11.4 Å². The minimum absolute atomic E-state index is 0.0619. The highest BCUT2D eigenvalue weighted by Gasteiger charge is 2.31. The zero-order chi connectivity index (χ0) is 19.3. The Hall–Kier alpha value is -2.54. The second-order valence-electron chi connectivity index (χ2n) is 5.94. The molecule has 0 radical (unpaired) electrons. The quantitative estimate of drug-likeness (QED) is 0.693. The predicted octanol–water partition coefficient (Wildman–Crippen LogP) is 3.15. The summed E-state index contributed by atoms with van der Waals surface area (Å²) in [5, 5.41) is 0. The first-order chi connectivity index (χ1) is 12.3. The highest BCUT2D eigenvalue weighted by Crippen LogP contribution is 2.29. The number of benzene rings is 2. The zero-order valence-electron chi connectivity index (χ0n) is 15.3. The van der Waals surface area contributed by atoms with Crippen molar-refractivity contribution >= 4 is 21.7 Å². The number of nitrogens with zero attached hydrogens (tertiary/aromatic N) is 1. The normalized spacial score (nSPS) is 12.3. The standard InChI is InChI=1S/C19H23NO5S/c1-14-5-11-18(12-6-14)26(22,23)20(15(2)13-19(21)25-4)16-7-9-17(24-3)10-8-16/h5-12,15H,13H2,1-4H3/t15-/m1/s1. The molecule has 2 aromatic carbocycles. The van der Waals surface area contributed by atoms with E-state index in [0.717, 1.165) is 5.56 Å². The first-order valence-corrected chi connectivity index (χ1v) is 9.55. The van der Waals surface area contributed by atoms with Gasteiger partial charge >= 0.3 is 5.97 Å². The van der Waals surface area contributed by atoms with Gasteiger partial charge in [0.1, 0.15) is 5.75 Å². The molecule has 0 aliphatic heterocycles. The second kappa shape index (κ2) is 8.23. The average Bonchev–Trinajstić information content (AvgIpc) is 2.62. The van der Waals surface area contributed by atoms with Crippen molar-refractivity contribution in [1.82, 2.24) is 0 Å². The van der Waals surface area contributed by atoms with Gasteiger partial charge in [0.2, 0.25) is 0 Å². The van der Waals surface area contributed by atoms with Gasteiger partial charge in [-0.2, -0.15) is 0 Å². The van der Waals surface area contributed by atoms with Crippen molar-refractivity contribution in [3.63, 3.8) is 0 Å². The van der Waals surface area contributed by atoms with Crippen LogP contribution in [0.5, 0.6) is 5.75 Å². The molecule has 2 rings (SSSR count). The van der Waals surface area contributed by atoms with E-state index in [1.165, 1.54) is 18.5 Å². The Balaban J connectivity index is 2.50. The molecule has 0 heterocycles. The maximum absolute atomic E-state index is 13.3. The molecule has 0 aromatic heterocycles. The fourth-order valence-electron chi connectivity index (χ4n) is 2.59. The van der Waals surface area contributed by atoms with E-state index in [9.17, 15) is 13.2 Å². The summed E-state index contributed by atoms with van der Waals surface area (Å²) < 4.78 is 37.6.